The van der Waals surface area contributed by atoms with E-state index >= 15 is 0 Å². The fourth-order valence-corrected chi connectivity index (χ4v) is 1.61. The molecule has 0 aliphatic carbocycles. The highest BCUT2D eigenvalue weighted by Crippen LogP contribution is 2.25. The first-order chi connectivity index (χ1) is 6.99. The lowest BCUT2D eigenvalue weighted by Gasteiger charge is -2.15. The zero-order valence-electron chi connectivity index (χ0n) is 9.01. The van der Waals surface area contributed by atoms with E-state index in [1.54, 1.807) is 19.2 Å². The van der Waals surface area contributed by atoms with Crippen LogP contribution >= 0.6 is 0 Å². The molecule has 0 aliphatic heterocycles. The Bertz CT molecular complexity index is 326. The second kappa shape index (κ2) is 5.00. The zero-order valence-corrected chi connectivity index (χ0v) is 9.01. The van der Waals surface area contributed by atoms with E-state index in [1.165, 1.54) is 6.07 Å². The van der Waals surface area contributed by atoms with Crippen molar-refractivity contribution in [3.05, 3.63) is 23.8 Å². The predicted molar refractivity (Wildman–Crippen MR) is 57.1 cm³/mol. The van der Waals surface area contributed by atoms with Crippen molar-refractivity contribution >= 4 is 0 Å². The molecule has 4 nitrogen and oxygen atoms in total. The van der Waals surface area contributed by atoms with Crippen LogP contribution in [0.2, 0.25) is 0 Å². The van der Waals surface area contributed by atoms with Gasteiger partial charge in [-0.2, -0.15) is 5.06 Å². The molecule has 3 N–H and O–H groups in total. The van der Waals surface area contributed by atoms with E-state index in [-0.39, 0.29) is 17.4 Å². The highest BCUT2D eigenvalue weighted by molar-refractivity contribution is 5.40. The molecule has 0 saturated carbocycles. The van der Waals surface area contributed by atoms with Crippen LogP contribution in [0.1, 0.15) is 12.5 Å². The molecule has 84 valence electrons. The number of benzene rings is 1. The topological polar surface area (TPSA) is 63.9 Å². The third kappa shape index (κ3) is 3.77. The van der Waals surface area contributed by atoms with Crippen molar-refractivity contribution < 1.29 is 15.4 Å². The SMILES string of the molecule is CC(Cc1ccc(O)c(O)c1)CN(C)O. The molecule has 15 heavy (non-hydrogen) atoms. The van der Waals surface area contributed by atoms with Crippen molar-refractivity contribution in [3.8, 4) is 11.5 Å². The molecule has 0 bridgehead atoms. The van der Waals surface area contributed by atoms with Crippen LogP contribution in [-0.4, -0.2) is 34.1 Å². The number of rotatable bonds is 4. The highest BCUT2D eigenvalue weighted by Gasteiger charge is 2.07. The lowest BCUT2D eigenvalue weighted by Crippen LogP contribution is -2.21. The Kier molecular flexibility index (Phi) is 3.94. The van der Waals surface area contributed by atoms with E-state index in [0.717, 1.165) is 17.0 Å². The summed E-state index contributed by atoms with van der Waals surface area (Å²) in [6, 6.07) is 4.78. The Morgan fingerprint density at radius 3 is 2.47 bits per heavy atom. The molecule has 0 radical (unpaired) electrons. The van der Waals surface area contributed by atoms with Crippen molar-refractivity contribution in [2.75, 3.05) is 13.6 Å². The third-order valence-electron chi connectivity index (χ3n) is 2.20. The van der Waals surface area contributed by atoms with Gasteiger partial charge in [-0.3, -0.25) is 0 Å². The molecule has 0 spiro atoms. The van der Waals surface area contributed by atoms with E-state index in [0.29, 0.717) is 6.54 Å². The summed E-state index contributed by atoms with van der Waals surface area (Å²) >= 11 is 0. The molecule has 1 atom stereocenters. The number of hydrogen-bond donors (Lipinski definition) is 3. The summed E-state index contributed by atoms with van der Waals surface area (Å²) in [6.07, 6.45) is 0.749. The van der Waals surface area contributed by atoms with Crippen LogP contribution in [0.5, 0.6) is 11.5 Å². The van der Waals surface area contributed by atoms with Gasteiger partial charge in [0.2, 0.25) is 0 Å². The van der Waals surface area contributed by atoms with Gasteiger partial charge in [0.25, 0.3) is 0 Å². The summed E-state index contributed by atoms with van der Waals surface area (Å²) in [6.45, 7) is 2.58. The number of phenols is 2. The molecule has 1 aromatic carbocycles. The predicted octanol–water partition coefficient (Wildman–Crippen LogP) is 1.60. The smallest absolute Gasteiger partial charge is 0.157 e. The van der Waals surface area contributed by atoms with E-state index in [4.69, 9.17) is 10.3 Å². The molecule has 1 aromatic rings. The van der Waals surface area contributed by atoms with Gasteiger partial charge < -0.3 is 15.4 Å². The first-order valence-electron chi connectivity index (χ1n) is 4.90. The molecule has 0 aliphatic rings. The molecule has 0 heterocycles. The lowest BCUT2D eigenvalue weighted by atomic mass is 10.0. The average molecular weight is 211 g/mol. The number of aromatic hydroxyl groups is 2. The number of phenolic OH excluding ortho intramolecular Hbond substituents is 2. The maximum atomic E-state index is 9.29. The molecular weight excluding hydrogens is 194 g/mol. The minimum absolute atomic E-state index is 0.1000. The molecule has 0 amide bonds. The Hall–Kier alpha value is -1.26. The van der Waals surface area contributed by atoms with E-state index in [2.05, 4.69) is 0 Å². The molecule has 1 unspecified atom stereocenters. The van der Waals surface area contributed by atoms with Crippen molar-refractivity contribution in [3.63, 3.8) is 0 Å². The van der Waals surface area contributed by atoms with Crippen molar-refractivity contribution in [2.24, 2.45) is 5.92 Å². The Balaban J connectivity index is 2.60. The van der Waals surface area contributed by atoms with Gasteiger partial charge in [0.1, 0.15) is 0 Å². The summed E-state index contributed by atoms with van der Waals surface area (Å²) in [7, 11) is 1.60. The summed E-state index contributed by atoms with van der Waals surface area (Å²) in [5.41, 5.74) is 0.944. The first-order valence-corrected chi connectivity index (χ1v) is 4.90. The highest BCUT2D eigenvalue weighted by atomic mass is 16.5. The van der Waals surface area contributed by atoms with Crippen LogP contribution in [0.25, 0.3) is 0 Å². The van der Waals surface area contributed by atoms with Gasteiger partial charge in [-0.1, -0.05) is 13.0 Å². The van der Waals surface area contributed by atoms with Crippen LogP contribution in [0.3, 0.4) is 0 Å². The monoisotopic (exact) mass is 211 g/mol. The van der Waals surface area contributed by atoms with Crippen LogP contribution < -0.4 is 0 Å². The van der Waals surface area contributed by atoms with E-state index in [9.17, 15) is 5.11 Å². The Morgan fingerprint density at radius 2 is 1.93 bits per heavy atom. The first kappa shape index (κ1) is 11.8. The summed E-state index contributed by atoms with van der Waals surface area (Å²) in [5.74, 6) is 0.0756. The maximum Gasteiger partial charge on any atom is 0.157 e. The number of nitrogens with zero attached hydrogens (tertiary/aromatic N) is 1. The van der Waals surface area contributed by atoms with Gasteiger partial charge in [-0.05, 0) is 30.0 Å². The van der Waals surface area contributed by atoms with Gasteiger partial charge in [-0.15, -0.1) is 0 Å². The Labute approximate surface area is 89.4 Å². The second-order valence-corrected chi connectivity index (χ2v) is 3.97. The van der Waals surface area contributed by atoms with E-state index in [1.807, 2.05) is 6.92 Å². The summed E-state index contributed by atoms with van der Waals surface area (Å²) in [4.78, 5) is 0. The average Bonchev–Trinajstić information content (AvgIpc) is 2.10. The molecular formula is C11H17NO3. The van der Waals surface area contributed by atoms with Gasteiger partial charge in [-0.25, -0.2) is 0 Å². The minimum atomic E-state index is -0.106. The number of hydrogen-bond acceptors (Lipinski definition) is 4. The lowest BCUT2D eigenvalue weighted by molar-refractivity contribution is -0.0743. The maximum absolute atomic E-state index is 9.29. The van der Waals surface area contributed by atoms with Gasteiger partial charge in [0, 0.05) is 13.6 Å². The van der Waals surface area contributed by atoms with E-state index < -0.39 is 0 Å². The fraction of sp³-hybridized carbons (Fsp3) is 0.455. The Morgan fingerprint density at radius 1 is 1.27 bits per heavy atom. The van der Waals surface area contributed by atoms with Crippen molar-refractivity contribution in [1.82, 2.24) is 5.06 Å². The summed E-state index contributed by atoms with van der Waals surface area (Å²) in [5, 5.41) is 28.6. The van der Waals surface area contributed by atoms with Crippen molar-refractivity contribution in [1.29, 1.82) is 0 Å². The quantitative estimate of drug-likeness (QED) is 0.523. The van der Waals surface area contributed by atoms with Gasteiger partial charge in [0.05, 0.1) is 0 Å². The number of hydroxylamine groups is 2. The third-order valence-corrected chi connectivity index (χ3v) is 2.20. The van der Waals surface area contributed by atoms with Gasteiger partial charge >= 0.3 is 0 Å². The van der Waals surface area contributed by atoms with Crippen LogP contribution in [0.4, 0.5) is 0 Å². The molecule has 0 aromatic heterocycles. The van der Waals surface area contributed by atoms with Crippen LogP contribution in [0, 0.1) is 5.92 Å². The van der Waals surface area contributed by atoms with Gasteiger partial charge in [0.15, 0.2) is 11.5 Å². The molecule has 4 heteroatoms. The minimum Gasteiger partial charge on any atom is -0.504 e. The van der Waals surface area contributed by atoms with Crippen LogP contribution in [-0.2, 0) is 6.42 Å². The second-order valence-electron chi connectivity index (χ2n) is 3.97. The fourth-order valence-electron chi connectivity index (χ4n) is 1.61. The zero-order chi connectivity index (χ0) is 11.4. The molecule has 0 fully saturated rings. The van der Waals surface area contributed by atoms with Crippen molar-refractivity contribution in [2.45, 2.75) is 13.3 Å². The standard InChI is InChI=1S/C11H17NO3/c1-8(7-12(2)15)5-9-3-4-10(13)11(14)6-9/h3-4,6,8,13-15H,5,7H2,1-2H3. The normalized spacial score (nSPS) is 13.1. The molecule has 0 saturated heterocycles. The van der Waals surface area contributed by atoms with Crippen LogP contribution in [0.15, 0.2) is 18.2 Å². The summed E-state index contributed by atoms with van der Waals surface area (Å²) < 4.78 is 0. The largest absolute Gasteiger partial charge is 0.504 e. The molecule has 1 rings (SSSR count).